The van der Waals surface area contributed by atoms with E-state index in [1.54, 1.807) is 26.0 Å². The summed E-state index contributed by atoms with van der Waals surface area (Å²) in [7, 11) is 0. The largest absolute Gasteiger partial charge is 0.481 e. The van der Waals surface area contributed by atoms with Gasteiger partial charge in [0.15, 0.2) is 0 Å². The second-order valence-electron chi connectivity index (χ2n) is 4.29. The first-order valence-corrected chi connectivity index (χ1v) is 5.87. The molecule has 0 atom stereocenters. The highest BCUT2D eigenvalue weighted by atomic mass is 16.4. The van der Waals surface area contributed by atoms with Crippen molar-refractivity contribution in [3.8, 4) is 5.69 Å². The number of para-hydroxylation sites is 1. The molecule has 0 unspecified atom stereocenters. The van der Waals surface area contributed by atoms with Crippen molar-refractivity contribution in [3.05, 3.63) is 57.8 Å². The van der Waals surface area contributed by atoms with Gasteiger partial charge < -0.3 is 5.11 Å². The van der Waals surface area contributed by atoms with Crippen LogP contribution in [0.4, 0.5) is 0 Å². The minimum atomic E-state index is -0.939. The fraction of sp³-hybridized carbons (Fsp3) is 0.214. The fourth-order valence-electron chi connectivity index (χ4n) is 2.09. The molecule has 2 rings (SSSR count). The topological polar surface area (TPSA) is 72.2 Å². The van der Waals surface area contributed by atoms with Crippen LogP contribution in [0.3, 0.4) is 0 Å². The predicted octanol–water partition coefficient (Wildman–Crippen LogP) is 1.48. The first-order valence-electron chi connectivity index (χ1n) is 5.87. The Labute approximate surface area is 110 Å². The van der Waals surface area contributed by atoms with Gasteiger partial charge >= 0.3 is 11.7 Å². The number of nitrogens with zero attached hydrogens (tertiary/aromatic N) is 2. The summed E-state index contributed by atoms with van der Waals surface area (Å²) in [6.07, 6.45) is -0.141. The molecule has 0 aliphatic rings. The molecule has 1 N–H and O–H groups in total. The first kappa shape index (κ1) is 13.0. The first-order chi connectivity index (χ1) is 9.00. The van der Waals surface area contributed by atoms with Crippen molar-refractivity contribution in [1.82, 2.24) is 9.55 Å². The van der Waals surface area contributed by atoms with E-state index in [0.717, 1.165) is 0 Å². The van der Waals surface area contributed by atoms with Gasteiger partial charge in [-0.3, -0.25) is 9.36 Å². The second-order valence-corrected chi connectivity index (χ2v) is 4.29. The summed E-state index contributed by atoms with van der Waals surface area (Å²) in [6.45, 7) is 3.39. The zero-order valence-electron chi connectivity index (χ0n) is 10.8. The van der Waals surface area contributed by atoms with Crippen LogP contribution in [0.1, 0.15) is 17.0 Å². The normalized spacial score (nSPS) is 10.4. The molecule has 0 fully saturated rings. The summed E-state index contributed by atoms with van der Waals surface area (Å²) in [4.78, 5) is 26.8. The highest BCUT2D eigenvalue weighted by molar-refractivity contribution is 5.71. The Morgan fingerprint density at radius 3 is 2.47 bits per heavy atom. The van der Waals surface area contributed by atoms with Crippen molar-refractivity contribution in [3.63, 3.8) is 0 Å². The minimum absolute atomic E-state index is 0.141. The lowest BCUT2D eigenvalue weighted by atomic mass is 10.1. The summed E-state index contributed by atoms with van der Waals surface area (Å²) in [5.74, 6) is -0.939. The Morgan fingerprint density at radius 1 is 1.26 bits per heavy atom. The van der Waals surface area contributed by atoms with E-state index < -0.39 is 11.7 Å². The lowest BCUT2D eigenvalue weighted by Gasteiger charge is -2.14. The molecule has 0 saturated carbocycles. The van der Waals surface area contributed by atoms with Crippen LogP contribution in [0.2, 0.25) is 0 Å². The van der Waals surface area contributed by atoms with Gasteiger partial charge in [0.05, 0.1) is 12.1 Å². The van der Waals surface area contributed by atoms with Gasteiger partial charge in [0, 0.05) is 17.0 Å². The van der Waals surface area contributed by atoms with Crippen LogP contribution in [-0.2, 0) is 11.2 Å². The number of hydrogen-bond donors (Lipinski definition) is 1. The lowest BCUT2D eigenvalue weighted by molar-refractivity contribution is -0.136. The molecule has 19 heavy (non-hydrogen) atoms. The Balaban J connectivity index is 2.69. The van der Waals surface area contributed by atoms with Gasteiger partial charge in [0.25, 0.3) is 0 Å². The minimum Gasteiger partial charge on any atom is -0.481 e. The molecular weight excluding hydrogens is 244 g/mol. The summed E-state index contributed by atoms with van der Waals surface area (Å²) in [5, 5.41) is 8.93. The molecule has 0 bridgehead atoms. The van der Waals surface area contributed by atoms with E-state index in [9.17, 15) is 9.59 Å². The molecule has 1 aromatic heterocycles. The third kappa shape index (κ3) is 2.54. The number of benzene rings is 1. The van der Waals surface area contributed by atoms with Gasteiger partial charge in [-0.1, -0.05) is 18.2 Å². The molecule has 0 aliphatic heterocycles. The summed E-state index contributed by atoms with van der Waals surface area (Å²) < 4.78 is 1.44. The highest BCUT2D eigenvalue weighted by Crippen LogP contribution is 2.14. The summed E-state index contributed by atoms with van der Waals surface area (Å²) in [6, 6.07) is 9.06. The average molecular weight is 258 g/mol. The van der Waals surface area contributed by atoms with Crippen molar-refractivity contribution in [2.24, 2.45) is 0 Å². The van der Waals surface area contributed by atoms with Crippen LogP contribution in [0.15, 0.2) is 35.1 Å². The maximum absolute atomic E-state index is 12.0. The molecule has 0 radical (unpaired) electrons. The SMILES string of the molecule is Cc1nc(=O)n(-c2ccccc2)c(C)c1CC(=O)O. The molecule has 0 aliphatic carbocycles. The third-order valence-electron chi connectivity index (χ3n) is 3.01. The quantitative estimate of drug-likeness (QED) is 0.905. The van der Waals surface area contributed by atoms with Gasteiger partial charge in [0.1, 0.15) is 0 Å². The number of aryl methyl sites for hydroxylation is 1. The van der Waals surface area contributed by atoms with Crippen LogP contribution in [0, 0.1) is 13.8 Å². The number of aliphatic carboxylic acids is 1. The van der Waals surface area contributed by atoms with Crippen LogP contribution >= 0.6 is 0 Å². The molecule has 0 spiro atoms. The van der Waals surface area contributed by atoms with E-state index in [2.05, 4.69) is 4.98 Å². The maximum atomic E-state index is 12.0. The lowest BCUT2D eigenvalue weighted by Crippen LogP contribution is -2.27. The molecule has 5 nitrogen and oxygen atoms in total. The van der Waals surface area contributed by atoms with E-state index in [-0.39, 0.29) is 6.42 Å². The van der Waals surface area contributed by atoms with Crippen LogP contribution in [-0.4, -0.2) is 20.6 Å². The summed E-state index contributed by atoms with van der Waals surface area (Å²) in [5.41, 5.74) is 1.96. The van der Waals surface area contributed by atoms with Crippen LogP contribution in [0.5, 0.6) is 0 Å². The van der Waals surface area contributed by atoms with E-state index >= 15 is 0 Å². The van der Waals surface area contributed by atoms with Gasteiger partial charge in [-0.25, -0.2) is 4.79 Å². The van der Waals surface area contributed by atoms with Gasteiger partial charge in [0.2, 0.25) is 0 Å². The summed E-state index contributed by atoms with van der Waals surface area (Å²) >= 11 is 0. The molecule has 1 heterocycles. The number of hydrogen-bond acceptors (Lipinski definition) is 3. The van der Waals surface area contributed by atoms with Crippen molar-refractivity contribution in [2.75, 3.05) is 0 Å². The number of rotatable bonds is 3. The van der Waals surface area contributed by atoms with Gasteiger partial charge in [-0.2, -0.15) is 4.98 Å². The van der Waals surface area contributed by atoms with Crippen molar-refractivity contribution < 1.29 is 9.90 Å². The standard InChI is InChI=1S/C14H14N2O3/c1-9-12(8-13(17)18)10(2)16(14(19)15-9)11-6-4-3-5-7-11/h3-7H,8H2,1-2H3,(H,17,18). The van der Waals surface area contributed by atoms with E-state index in [4.69, 9.17) is 5.11 Å². The monoisotopic (exact) mass is 258 g/mol. The smallest absolute Gasteiger partial charge is 0.352 e. The van der Waals surface area contributed by atoms with Crippen LogP contribution < -0.4 is 5.69 Å². The molecule has 5 heteroatoms. The zero-order chi connectivity index (χ0) is 14.0. The Bertz CT molecular complexity index is 675. The van der Waals surface area contributed by atoms with Crippen molar-refractivity contribution in [1.29, 1.82) is 0 Å². The third-order valence-corrected chi connectivity index (χ3v) is 3.01. The van der Waals surface area contributed by atoms with Gasteiger partial charge in [-0.05, 0) is 26.0 Å². The highest BCUT2D eigenvalue weighted by Gasteiger charge is 2.14. The Kier molecular flexibility index (Phi) is 3.46. The zero-order valence-corrected chi connectivity index (χ0v) is 10.8. The van der Waals surface area contributed by atoms with E-state index in [0.29, 0.717) is 22.6 Å². The molecule has 0 saturated heterocycles. The van der Waals surface area contributed by atoms with Crippen molar-refractivity contribution in [2.45, 2.75) is 20.3 Å². The fourth-order valence-corrected chi connectivity index (χ4v) is 2.09. The molecule has 2 aromatic rings. The second kappa shape index (κ2) is 5.06. The predicted molar refractivity (Wildman–Crippen MR) is 70.6 cm³/mol. The average Bonchev–Trinajstić information content (AvgIpc) is 2.35. The number of carboxylic acid groups (broad SMARTS) is 1. The molecule has 98 valence electrons. The molecular formula is C14H14N2O3. The molecule has 0 amide bonds. The van der Waals surface area contributed by atoms with E-state index in [1.165, 1.54) is 4.57 Å². The number of carboxylic acids is 1. The molecule has 1 aromatic carbocycles. The Hall–Kier alpha value is -2.43. The van der Waals surface area contributed by atoms with Crippen LogP contribution in [0.25, 0.3) is 5.69 Å². The maximum Gasteiger partial charge on any atom is 0.352 e. The number of aromatic nitrogens is 2. The Morgan fingerprint density at radius 2 is 1.89 bits per heavy atom. The van der Waals surface area contributed by atoms with Crippen molar-refractivity contribution >= 4 is 5.97 Å². The van der Waals surface area contributed by atoms with E-state index in [1.807, 2.05) is 18.2 Å². The van der Waals surface area contributed by atoms with Gasteiger partial charge in [-0.15, -0.1) is 0 Å². The number of carbonyl (C=O) groups is 1.